The van der Waals surface area contributed by atoms with E-state index in [4.69, 9.17) is 4.74 Å². The van der Waals surface area contributed by atoms with Gasteiger partial charge < -0.3 is 15.4 Å². The van der Waals surface area contributed by atoms with Crippen LogP contribution in [0.3, 0.4) is 0 Å². The minimum Gasteiger partial charge on any atom is -0.449 e. The van der Waals surface area contributed by atoms with Gasteiger partial charge in [0.2, 0.25) is 0 Å². The number of thioether (sulfide) groups is 1. The van der Waals surface area contributed by atoms with Crippen LogP contribution >= 0.6 is 11.8 Å². The fourth-order valence-electron chi connectivity index (χ4n) is 2.27. The van der Waals surface area contributed by atoms with E-state index in [0.717, 1.165) is 6.07 Å². The van der Waals surface area contributed by atoms with E-state index in [9.17, 15) is 28.5 Å². The second-order valence-corrected chi connectivity index (χ2v) is 6.74. The molecule has 0 aliphatic carbocycles. The molecule has 1 unspecified atom stereocenters. The van der Waals surface area contributed by atoms with Crippen LogP contribution in [0.15, 0.2) is 47.4 Å². The van der Waals surface area contributed by atoms with E-state index in [0.29, 0.717) is 22.3 Å². The molecule has 0 spiro atoms. The van der Waals surface area contributed by atoms with Crippen molar-refractivity contribution in [2.45, 2.75) is 23.7 Å². The van der Waals surface area contributed by atoms with Crippen LogP contribution in [0.25, 0.3) is 0 Å². The summed E-state index contributed by atoms with van der Waals surface area (Å²) in [6.45, 7) is 1.34. The van der Waals surface area contributed by atoms with Crippen LogP contribution in [0.4, 0.5) is 25.8 Å². The Kier molecular flexibility index (Phi) is 7.48. The molecule has 0 saturated carbocycles. The predicted molar refractivity (Wildman–Crippen MR) is 104 cm³/mol. The van der Waals surface area contributed by atoms with Crippen molar-refractivity contribution in [1.82, 2.24) is 0 Å². The number of amides is 1. The standard InChI is InChI=1S/C18H17F2N3O5S/c1-10(16(24)22-12-4-6-13(7-5-12)29-18(19)20)28-17(25)11-3-8-14(21-2)15(9-11)23(26)27/h3-10,18,21H,1-2H3,(H,22,24). The number of halogens is 2. The van der Waals surface area contributed by atoms with Gasteiger partial charge >= 0.3 is 5.97 Å². The molecular weight excluding hydrogens is 408 g/mol. The Hall–Kier alpha value is -3.21. The second-order valence-electron chi connectivity index (χ2n) is 5.68. The number of nitrogens with one attached hydrogen (secondary N) is 2. The normalized spacial score (nSPS) is 11.6. The average molecular weight is 425 g/mol. The summed E-state index contributed by atoms with van der Waals surface area (Å²) in [6, 6.07) is 9.48. The van der Waals surface area contributed by atoms with E-state index >= 15 is 0 Å². The molecule has 0 aliphatic rings. The SMILES string of the molecule is CNc1ccc(C(=O)OC(C)C(=O)Nc2ccc(SC(F)F)cc2)cc1[N+](=O)[O-]. The van der Waals surface area contributed by atoms with Gasteiger partial charge in [0, 0.05) is 23.7 Å². The minimum absolute atomic E-state index is 0.0799. The first-order valence-corrected chi connectivity index (χ1v) is 9.12. The fourth-order valence-corrected chi connectivity index (χ4v) is 2.77. The Balaban J connectivity index is 2.01. The number of nitrogens with zero attached hydrogens (tertiary/aromatic N) is 1. The van der Waals surface area contributed by atoms with Crippen molar-refractivity contribution in [3.05, 3.63) is 58.1 Å². The van der Waals surface area contributed by atoms with E-state index in [1.807, 2.05) is 0 Å². The first-order valence-electron chi connectivity index (χ1n) is 8.24. The summed E-state index contributed by atoms with van der Waals surface area (Å²) in [5.41, 5.74) is 0.181. The summed E-state index contributed by atoms with van der Waals surface area (Å²) in [5.74, 6) is -4.09. The number of anilines is 2. The minimum atomic E-state index is -2.55. The Morgan fingerprint density at radius 1 is 1.17 bits per heavy atom. The first-order chi connectivity index (χ1) is 13.7. The smallest absolute Gasteiger partial charge is 0.339 e. The van der Waals surface area contributed by atoms with Gasteiger partial charge in [0.05, 0.1) is 10.5 Å². The highest BCUT2D eigenvalue weighted by atomic mass is 32.2. The summed E-state index contributed by atoms with van der Waals surface area (Å²) in [5, 5.41) is 16.2. The lowest BCUT2D eigenvalue weighted by molar-refractivity contribution is -0.384. The quantitative estimate of drug-likeness (QED) is 0.283. The Labute approximate surface area is 168 Å². The molecule has 0 saturated heterocycles. The van der Waals surface area contributed by atoms with Crippen LogP contribution in [-0.4, -0.2) is 35.7 Å². The molecule has 2 aromatic carbocycles. The Bertz CT molecular complexity index is 909. The van der Waals surface area contributed by atoms with Crippen LogP contribution in [0.1, 0.15) is 17.3 Å². The van der Waals surface area contributed by atoms with Gasteiger partial charge in [-0.1, -0.05) is 11.8 Å². The summed E-state index contributed by atoms with van der Waals surface area (Å²) in [6.07, 6.45) is -1.19. The van der Waals surface area contributed by atoms with Gasteiger partial charge in [-0.05, 0) is 43.3 Å². The van der Waals surface area contributed by atoms with Crippen molar-refractivity contribution in [3.8, 4) is 0 Å². The number of carbonyl (C=O) groups excluding carboxylic acids is 2. The maximum atomic E-state index is 12.3. The van der Waals surface area contributed by atoms with E-state index < -0.39 is 28.7 Å². The molecule has 0 aliphatic heterocycles. The maximum Gasteiger partial charge on any atom is 0.339 e. The Morgan fingerprint density at radius 2 is 1.83 bits per heavy atom. The molecule has 0 heterocycles. The average Bonchev–Trinajstić information content (AvgIpc) is 2.68. The molecule has 0 fully saturated rings. The fraction of sp³-hybridized carbons (Fsp3) is 0.222. The lowest BCUT2D eigenvalue weighted by Crippen LogP contribution is -2.30. The molecule has 154 valence electrons. The van der Waals surface area contributed by atoms with Crippen LogP contribution in [0, 0.1) is 10.1 Å². The number of hydrogen-bond acceptors (Lipinski definition) is 7. The van der Waals surface area contributed by atoms with Gasteiger partial charge in [-0.15, -0.1) is 0 Å². The monoisotopic (exact) mass is 425 g/mol. The van der Waals surface area contributed by atoms with Crippen LogP contribution in [0.5, 0.6) is 0 Å². The highest BCUT2D eigenvalue weighted by Gasteiger charge is 2.22. The van der Waals surface area contributed by atoms with Gasteiger partial charge in [-0.25, -0.2) is 4.79 Å². The van der Waals surface area contributed by atoms with Crippen molar-refractivity contribution in [2.75, 3.05) is 17.7 Å². The predicted octanol–water partition coefficient (Wildman–Crippen LogP) is 4.14. The largest absolute Gasteiger partial charge is 0.449 e. The number of esters is 1. The van der Waals surface area contributed by atoms with E-state index in [1.165, 1.54) is 50.4 Å². The molecule has 2 N–H and O–H groups in total. The molecule has 0 bridgehead atoms. The maximum absolute atomic E-state index is 12.3. The van der Waals surface area contributed by atoms with Crippen molar-refractivity contribution >= 4 is 40.7 Å². The molecule has 29 heavy (non-hydrogen) atoms. The molecule has 11 heteroatoms. The van der Waals surface area contributed by atoms with Crippen LogP contribution < -0.4 is 10.6 Å². The molecule has 1 amide bonds. The number of benzene rings is 2. The number of nitro groups is 1. The number of ether oxygens (including phenoxy) is 1. The number of nitro benzene ring substituents is 1. The van der Waals surface area contributed by atoms with Crippen molar-refractivity contribution < 1.29 is 28.0 Å². The van der Waals surface area contributed by atoms with Gasteiger partial charge in [-0.2, -0.15) is 8.78 Å². The summed E-state index contributed by atoms with van der Waals surface area (Å²) in [7, 11) is 1.51. The van der Waals surface area contributed by atoms with E-state index in [1.54, 1.807) is 0 Å². The van der Waals surface area contributed by atoms with Gasteiger partial charge in [0.25, 0.3) is 17.4 Å². The number of carbonyl (C=O) groups is 2. The van der Waals surface area contributed by atoms with E-state index in [2.05, 4.69) is 10.6 Å². The Morgan fingerprint density at radius 3 is 2.38 bits per heavy atom. The summed E-state index contributed by atoms with van der Waals surface area (Å²) < 4.78 is 29.7. The van der Waals surface area contributed by atoms with Gasteiger partial charge in [0.15, 0.2) is 6.10 Å². The van der Waals surface area contributed by atoms with Crippen LogP contribution in [0.2, 0.25) is 0 Å². The van der Waals surface area contributed by atoms with Crippen molar-refractivity contribution in [1.29, 1.82) is 0 Å². The number of alkyl halides is 2. The summed E-state index contributed by atoms with van der Waals surface area (Å²) in [4.78, 5) is 35.2. The molecule has 0 aromatic heterocycles. The topological polar surface area (TPSA) is 111 Å². The van der Waals surface area contributed by atoms with Gasteiger partial charge in [0.1, 0.15) is 5.69 Å². The lowest BCUT2D eigenvalue weighted by atomic mass is 10.1. The van der Waals surface area contributed by atoms with E-state index in [-0.39, 0.29) is 16.9 Å². The van der Waals surface area contributed by atoms with Gasteiger partial charge in [-0.3, -0.25) is 14.9 Å². The zero-order valence-corrected chi connectivity index (χ0v) is 16.2. The summed E-state index contributed by atoms with van der Waals surface area (Å²) >= 11 is 0.376. The highest BCUT2D eigenvalue weighted by Crippen LogP contribution is 2.27. The third-order valence-corrected chi connectivity index (χ3v) is 4.42. The molecule has 0 radical (unpaired) electrons. The number of rotatable bonds is 8. The molecule has 2 aromatic rings. The zero-order chi connectivity index (χ0) is 21.6. The third-order valence-electron chi connectivity index (χ3n) is 3.70. The number of hydrogen-bond donors (Lipinski definition) is 2. The second kappa shape index (κ2) is 9.82. The third kappa shape index (κ3) is 6.14. The highest BCUT2D eigenvalue weighted by molar-refractivity contribution is 7.99. The molecule has 1 atom stereocenters. The van der Waals surface area contributed by atoms with Crippen LogP contribution in [-0.2, 0) is 9.53 Å². The first kappa shape index (κ1) is 22.1. The molecular formula is C18H17F2N3O5S. The van der Waals surface area contributed by atoms with Crippen molar-refractivity contribution in [2.24, 2.45) is 0 Å². The molecule has 8 nitrogen and oxygen atoms in total. The zero-order valence-electron chi connectivity index (χ0n) is 15.3. The molecule has 2 rings (SSSR count). The lowest BCUT2D eigenvalue weighted by Gasteiger charge is -2.14. The van der Waals surface area contributed by atoms with Crippen molar-refractivity contribution in [3.63, 3.8) is 0 Å².